The number of alkyl carbamates (subject to hydrolysis) is 1. The second kappa shape index (κ2) is 8.24. The van der Waals surface area contributed by atoms with Crippen LogP contribution in [0.2, 0.25) is 0 Å². The summed E-state index contributed by atoms with van der Waals surface area (Å²) >= 11 is 0. The Morgan fingerprint density at radius 1 is 1.37 bits per heavy atom. The summed E-state index contributed by atoms with van der Waals surface area (Å²) in [5.74, 6) is 1.47. The lowest BCUT2D eigenvalue weighted by atomic mass is 10.0. The molecule has 0 radical (unpaired) electrons. The quantitative estimate of drug-likeness (QED) is 0.716. The molecule has 2 atom stereocenters. The Morgan fingerprint density at radius 2 is 2.19 bits per heavy atom. The largest absolute Gasteiger partial charge is 0.446 e. The minimum absolute atomic E-state index is 0.0617. The zero-order chi connectivity index (χ0) is 19.4. The third kappa shape index (κ3) is 4.87. The fourth-order valence-electron chi connectivity index (χ4n) is 3.23. The molecule has 1 saturated carbocycles. The average Bonchev–Trinajstić information content (AvgIpc) is 3.25. The van der Waals surface area contributed by atoms with Crippen LogP contribution < -0.4 is 16.2 Å². The maximum atomic E-state index is 11.7. The molecule has 27 heavy (non-hydrogen) atoms. The van der Waals surface area contributed by atoms with Crippen molar-refractivity contribution in [3.05, 3.63) is 34.2 Å². The third-order valence-corrected chi connectivity index (χ3v) is 4.52. The van der Waals surface area contributed by atoms with E-state index in [-0.39, 0.29) is 29.7 Å². The number of carbonyl (C=O) groups excluding carboxylic acids is 1. The van der Waals surface area contributed by atoms with Gasteiger partial charge < -0.3 is 15.4 Å². The number of anilines is 2. The van der Waals surface area contributed by atoms with Crippen molar-refractivity contribution in [2.45, 2.75) is 64.6 Å². The monoisotopic (exact) mass is 374 g/mol. The summed E-state index contributed by atoms with van der Waals surface area (Å²) in [5, 5.41) is 17.4. The van der Waals surface area contributed by atoms with Crippen molar-refractivity contribution in [3.63, 3.8) is 0 Å². The zero-order valence-corrected chi connectivity index (χ0v) is 15.9. The van der Waals surface area contributed by atoms with Crippen molar-refractivity contribution < 1.29 is 9.53 Å². The Hall–Kier alpha value is -2.84. The Balaban J connectivity index is 1.58. The summed E-state index contributed by atoms with van der Waals surface area (Å²) in [5.41, 5.74) is 0.862. The number of nitrogens with one attached hydrogen (secondary N) is 3. The smallest absolute Gasteiger partial charge is 0.407 e. The molecule has 0 saturated heterocycles. The Morgan fingerprint density at radius 3 is 2.93 bits per heavy atom. The lowest BCUT2D eigenvalue weighted by Crippen LogP contribution is -2.33. The molecule has 9 nitrogen and oxygen atoms in total. The molecule has 0 aliphatic heterocycles. The maximum Gasteiger partial charge on any atom is 0.407 e. The van der Waals surface area contributed by atoms with E-state index in [1.807, 2.05) is 26.8 Å². The summed E-state index contributed by atoms with van der Waals surface area (Å²) in [6.07, 6.45) is 2.09. The number of carbonyl (C=O) groups is 1. The molecule has 0 bridgehead atoms. The van der Waals surface area contributed by atoms with E-state index in [1.165, 1.54) is 10.7 Å². The average molecular weight is 374 g/mol. The molecule has 3 rings (SSSR count). The van der Waals surface area contributed by atoms with Crippen molar-refractivity contribution >= 4 is 17.7 Å². The van der Waals surface area contributed by atoms with Crippen molar-refractivity contribution in [1.29, 1.82) is 0 Å². The van der Waals surface area contributed by atoms with Crippen molar-refractivity contribution in [1.82, 2.24) is 25.3 Å². The highest BCUT2D eigenvalue weighted by molar-refractivity contribution is 5.67. The summed E-state index contributed by atoms with van der Waals surface area (Å²) in [6.45, 7) is 6.18. The number of amides is 1. The first-order chi connectivity index (χ1) is 12.9. The second-order valence-electron chi connectivity index (χ2n) is 7.04. The van der Waals surface area contributed by atoms with Gasteiger partial charge >= 0.3 is 6.09 Å². The predicted molar refractivity (Wildman–Crippen MR) is 101 cm³/mol. The number of ether oxygens (including phenoxy) is 1. The molecule has 1 aliphatic carbocycles. The number of hydrogen-bond donors (Lipinski definition) is 3. The maximum absolute atomic E-state index is 11.7. The standard InChI is InChI=1S/C18H26N6O3/c1-4-24-17(25)8-7-15(23-24)20-16-10-14(21-22-16)12-5-6-13(9-12)27-18(26)19-11(2)3/h7-8,10-13H,4-6,9H2,1-3H3,(H,19,26)(H2,20,21,22,23). The van der Waals surface area contributed by atoms with Crippen LogP contribution in [0.4, 0.5) is 16.4 Å². The van der Waals surface area contributed by atoms with Crippen LogP contribution in [0.5, 0.6) is 0 Å². The van der Waals surface area contributed by atoms with Gasteiger partial charge in [0.15, 0.2) is 11.6 Å². The molecule has 2 unspecified atom stereocenters. The molecule has 2 aromatic rings. The van der Waals surface area contributed by atoms with E-state index in [0.717, 1.165) is 25.0 Å². The normalized spacial score (nSPS) is 19.3. The lowest BCUT2D eigenvalue weighted by molar-refractivity contribution is 0.0981. The van der Waals surface area contributed by atoms with Gasteiger partial charge in [0.25, 0.3) is 5.56 Å². The van der Waals surface area contributed by atoms with Gasteiger partial charge in [-0.05, 0) is 46.1 Å². The predicted octanol–water partition coefficient (Wildman–Crippen LogP) is 2.50. The molecule has 0 spiro atoms. The summed E-state index contributed by atoms with van der Waals surface area (Å²) in [4.78, 5) is 23.4. The molecule has 3 N–H and O–H groups in total. The third-order valence-electron chi connectivity index (χ3n) is 4.52. The minimum Gasteiger partial charge on any atom is -0.446 e. The fourth-order valence-corrected chi connectivity index (χ4v) is 3.23. The van der Waals surface area contributed by atoms with E-state index in [9.17, 15) is 9.59 Å². The first-order valence-corrected chi connectivity index (χ1v) is 9.32. The van der Waals surface area contributed by atoms with Crippen LogP contribution >= 0.6 is 0 Å². The first-order valence-electron chi connectivity index (χ1n) is 9.32. The Kier molecular flexibility index (Phi) is 5.78. The molecular weight excluding hydrogens is 348 g/mol. The van der Waals surface area contributed by atoms with Crippen LogP contribution in [0.1, 0.15) is 51.6 Å². The van der Waals surface area contributed by atoms with E-state index in [4.69, 9.17) is 4.74 Å². The topological polar surface area (TPSA) is 114 Å². The highest BCUT2D eigenvalue weighted by atomic mass is 16.6. The minimum atomic E-state index is -0.361. The SMILES string of the molecule is CCn1nc(Nc2cc(C3CCC(OC(=O)NC(C)C)C3)[nH]n2)ccc1=O. The fraction of sp³-hybridized carbons (Fsp3) is 0.556. The van der Waals surface area contributed by atoms with E-state index in [2.05, 4.69) is 25.9 Å². The second-order valence-corrected chi connectivity index (χ2v) is 7.04. The van der Waals surface area contributed by atoms with Gasteiger partial charge in [-0.15, -0.1) is 0 Å². The molecule has 1 amide bonds. The van der Waals surface area contributed by atoms with Gasteiger partial charge in [-0.1, -0.05) is 0 Å². The van der Waals surface area contributed by atoms with Gasteiger partial charge in [0, 0.05) is 36.3 Å². The van der Waals surface area contributed by atoms with Crippen LogP contribution in [0.15, 0.2) is 23.0 Å². The van der Waals surface area contributed by atoms with Crippen molar-refractivity contribution in [2.24, 2.45) is 0 Å². The first kappa shape index (κ1) is 18.9. The number of rotatable bonds is 6. The van der Waals surface area contributed by atoms with Crippen LogP contribution in [0.25, 0.3) is 0 Å². The van der Waals surface area contributed by atoms with Crippen LogP contribution in [-0.2, 0) is 11.3 Å². The summed E-state index contributed by atoms with van der Waals surface area (Å²) in [6, 6.07) is 5.11. The molecule has 0 aromatic carbocycles. The van der Waals surface area contributed by atoms with E-state index in [1.54, 1.807) is 6.07 Å². The van der Waals surface area contributed by atoms with Crippen molar-refractivity contribution in [3.8, 4) is 0 Å². The van der Waals surface area contributed by atoms with Crippen molar-refractivity contribution in [2.75, 3.05) is 5.32 Å². The zero-order valence-electron chi connectivity index (χ0n) is 15.9. The lowest BCUT2D eigenvalue weighted by Gasteiger charge is -2.14. The number of hydrogen-bond acceptors (Lipinski definition) is 6. The highest BCUT2D eigenvalue weighted by Crippen LogP contribution is 2.36. The van der Waals surface area contributed by atoms with E-state index >= 15 is 0 Å². The molecule has 2 heterocycles. The van der Waals surface area contributed by atoms with Gasteiger partial charge in [0.05, 0.1) is 0 Å². The number of aromatic nitrogens is 4. The molecule has 146 valence electrons. The highest BCUT2D eigenvalue weighted by Gasteiger charge is 2.30. The summed E-state index contributed by atoms with van der Waals surface area (Å²) in [7, 11) is 0. The number of H-pyrrole nitrogens is 1. The number of aryl methyl sites for hydroxylation is 1. The summed E-state index contributed by atoms with van der Waals surface area (Å²) < 4.78 is 6.86. The number of nitrogens with zero attached hydrogens (tertiary/aromatic N) is 3. The van der Waals surface area contributed by atoms with Gasteiger partial charge in [-0.25, -0.2) is 9.48 Å². The molecule has 1 fully saturated rings. The van der Waals surface area contributed by atoms with Gasteiger partial charge in [-0.2, -0.15) is 10.2 Å². The molecule has 9 heteroatoms. The van der Waals surface area contributed by atoms with Crippen LogP contribution in [0.3, 0.4) is 0 Å². The van der Waals surface area contributed by atoms with Gasteiger partial charge in [0.1, 0.15) is 6.10 Å². The van der Waals surface area contributed by atoms with Gasteiger partial charge in [0.2, 0.25) is 0 Å². The van der Waals surface area contributed by atoms with E-state index in [0.29, 0.717) is 18.2 Å². The molecule has 2 aromatic heterocycles. The molecular formula is C18H26N6O3. The van der Waals surface area contributed by atoms with E-state index < -0.39 is 0 Å². The van der Waals surface area contributed by atoms with Crippen LogP contribution in [0, 0.1) is 0 Å². The number of aromatic amines is 1. The Bertz CT molecular complexity index is 844. The Labute approximate surface area is 157 Å². The molecule has 1 aliphatic rings. The van der Waals surface area contributed by atoms with Crippen LogP contribution in [-0.4, -0.2) is 38.2 Å². The van der Waals surface area contributed by atoms with Gasteiger partial charge in [-0.3, -0.25) is 9.89 Å².